The van der Waals surface area contributed by atoms with Crippen LogP contribution in [0.5, 0.6) is 11.5 Å². The highest BCUT2D eigenvalue weighted by Gasteiger charge is 2.31. The largest absolute Gasteiger partial charge is 0.573 e. The molecular formula is C34H41F3N4O2. The van der Waals surface area contributed by atoms with E-state index in [1.54, 1.807) is 13.2 Å². The molecule has 2 N–H and O–H groups in total. The second kappa shape index (κ2) is 13.4. The van der Waals surface area contributed by atoms with Gasteiger partial charge in [0.1, 0.15) is 11.5 Å². The fourth-order valence-electron chi connectivity index (χ4n) is 6.03. The van der Waals surface area contributed by atoms with Gasteiger partial charge in [-0.05, 0) is 77.6 Å². The third-order valence-corrected chi connectivity index (χ3v) is 8.14. The summed E-state index contributed by atoms with van der Waals surface area (Å²) in [4.78, 5) is 4.97. The van der Waals surface area contributed by atoms with Crippen molar-refractivity contribution in [1.82, 2.24) is 14.4 Å². The number of rotatable bonds is 11. The van der Waals surface area contributed by atoms with Crippen LogP contribution in [0.4, 0.5) is 13.2 Å². The number of nitrogens with two attached hydrogens (primary N) is 1. The Kier molecular flexibility index (Phi) is 9.64. The Hall–Kier alpha value is -3.53. The number of methoxy groups -OCH3 is 1. The van der Waals surface area contributed by atoms with Crippen molar-refractivity contribution >= 4 is 10.9 Å². The predicted octanol–water partition coefficient (Wildman–Crippen LogP) is 7.10. The lowest BCUT2D eigenvalue weighted by Crippen LogP contribution is -2.45. The topological polar surface area (TPSA) is 55.9 Å². The first-order valence-corrected chi connectivity index (χ1v) is 15.0. The number of ether oxygens (including phenoxy) is 2. The Morgan fingerprint density at radius 3 is 2.21 bits per heavy atom. The fourth-order valence-corrected chi connectivity index (χ4v) is 6.03. The number of halogens is 3. The SMILES string of the molecule is CCCCn1cc(-c2ccc(OC(F)(F)F)cc2CN)c2cc(CN3CCN(Cc4cc(C)cc(OC)c4)CC3)ccc21. The molecule has 6 nitrogen and oxygen atoms in total. The minimum absolute atomic E-state index is 0.103. The van der Waals surface area contributed by atoms with Gasteiger partial charge in [0.05, 0.1) is 7.11 Å². The van der Waals surface area contributed by atoms with Crippen LogP contribution < -0.4 is 15.2 Å². The molecule has 0 saturated carbocycles. The number of alkyl halides is 3. The van der Waals surface area contributed by atoms with Crippen molar-refractivity contribution in [2.45, 2.75) is 59.2 Å². The lowest BCUT2D eigenvalue weighted by molar-refractivity contribution is -0.274. The van der Waals surface area contributed by atoms with Gasteiger partial charge in [-0.25, -0.2) is 0 Å². The Labute approximate surface area is 251 Å². The molecule has 3 aromatic carbocycles. The van der Waals surface area contributed by atoms with Crippen LogP contribution in [0.15, 0.2) is 60.8 Å². The van der Waals surface area contributed by atoms with Crippen LogP contribution in [0, 0.1) is 6.92 Å². The molecular weight excluding hydrogens is 553 g/mol. The molecule has 1 saturated heterocycles. The number of aryl methyl sites for hydroxylation is 2. The van der Waals surface area contributed by atoms with Gasteiger partial charge in [-0.15, -0.1) is 13.2 Å². The van der Waals surface area contributed by atoms with Gasteiger partial charge < -0.3 is 19.8 Å². The van der Waals surface area contributed by atoms with E-state index in [0.717, 1.165) is 86.4 Å². The first-order valence-electron chi connectivity index (χ1n) is 15.0. The van der Waals surface area contributed by atoms with Gasteiger partial charge in [-0.2, -0.15) is 0 Å². The monoisotopic (exact) mass is 594 g/mol. The molecule has 230 valence electrons. The number of hydrogen-bond acceptors (Lipinski definition) is 5. The predicted molar refractivity (Wildman–Crippen MR) is 165 cm³/mol. The van der Waals surface area contributed by atoms with Crippen molar-refractivity contribution in [2.24, 2.45) is 5.73 Å². The molecule has 0 aliphatic carbocycles. The van der Waals surface area contributed by atoms with E-state index in [1.165, 1.54) is 28.8 Å². The van der Waals surface area contributed by atoms with Crippen LogP contribution in [0.1, 0.15) is 42.0 Å². The zero-order valence-electron chi connectivity index (χ0n) is 25.2. The van der Waals surface area contributed by atoms with Gasteiger partial charge in [0.25, 0.3) is 0 Å². The number of unbranched alkanes of at least 4 members (excludes halogenated alkanes) is 1. The van der Waals surface area contributed by atoms with Gasteiger partial charge in [-0.3, -0.25) is 9.80 Å². The van der Waals surface area contributed by atoms with Gasteiger partial charge in [-0.1, -0.05) is 31.5 Å². The molecule has 0 radical (unpaired) electrons. The molecule has 1 aliphatic heterocycles. The van der Waals surface area contributed by atoms with Gasteiger partial charge in [0.2, 0.25) is 0 Å². The summed E-state index contributed by atoms with van der Waals surface area (Å²) in [6.45, 7) is 10.9. The zero-order valence-corrected chi connectivity index (χ0v) is 25.2. The van der Waals surface area contributed by atoms with E-state index in [-0.39, 0.29) is 12.3 Å². The van der Waals surface area contributed by atoms with Crippen LogP contribution in [0.3, 0.4) is 0 Å². The molecule has 1 aromatic heterocycles. The number of benzene rings is 3. The number of fused-ring (bicyclic) bond motifs is 1. The minimum Gasteiger partial charge on any atom is -0.497 e. The molecule has 0 unspecified atom stereocenters. The lowest BCUT2D eigenvalue weighted by Gasteiger charge is -2.34. The third kappa shape index (κ3) is 7.71. The standard InChI is InChI=1S/C34H41F3N4O2/c1-4-5-10-41-23-32(30-8-7-28(19-27(30)20-38)43-34(35,36)37)31-18-25(6-9-33(31)41)21-39-11-13-40(14-12-39)22-26-15-24(2)16-29(17-26)42-3/h6-9,15-19,23H,4-5,10-14,20-22,38H2,1-3H3. The molecule has 1 aliphatic rings. The van der Waals surface area contributed by atoms with Crippen molar-refractivity contribution in [1.29, 1.82) is 0 Å². The summed E-state index contributed by atoms with van der Waals surface area (Å²) in [5, 5.41) is 1.08. The molecule has 43 heavy (non-hydrogen) atoms. The molecule has 1 fully saturated rings. The van der Waals surface area contributed by atoms with E-state index in [9.17, 15) is 13.2 Å². The maximum absolute atomic E-state index is 12.9. The molecule has 4 aromatic rings. The molecule has 0 bridgehead atoms. The van der Waals surface area contributed by atoms with Crippen LogP contribution >= 0.6 is 0 Å². The van der Waals surface area contributed by atoms with E-state index in [2.05, 4.69) is 75.5 Å². The maximum Gasteiger partial charge on any atom is 0.573 e. The second-order valence-electron chi connectivity index (χ2n) is 11.4. The smallest absolute Gasteiger partial charge is 0.497 e. The van der Waals surface area contributed by atoms with Crippen LogP contribution in [0.25, 0.3) is 22.0 Å². The van der Waals surface area contributed by atoms with E-state index in [1.807, 2.05) is 0 Å². The van der Waals surface area contributed by atoms with Gasteiger partial charge in [0, 0.05) is 75.0 Å². The van der Waals surface area contributed by atoms with Crippen molar-refractivity contribution < 1.29 is 22.6 Å². The number of nitrogens with zero attached hydrogens (tertiary/aromatic N) is 3. The quantitative estimate of drug-likeness (QED) is 0.201. The van der Waals surface area contributed by atoms with Gasteiger partial charge in [0.15, 0.2) is 0 Å². The number of aromatic nitrogens is 1. The highest BCUT2D eigenvalue weighted by Crippen LogP contribution is 2.36. The van der Waals surface area contributed by atoms with Crippen molar-refractivity contribution in [3.05, 3.63) is 83.0 Å². The van der Waals surface area contributed by atoms with Crippen LogP contribution in [0.2, 0.25) is 0 Å². The van der Waals surface area contributed by atoms with E-state index in [0.29, 0.717) is 5.56 Å². The average Bonchev–Trinajstić information content (AvgIpc) is 3.33. The summed E-state index contributed by atoms with van der Waals surface area (Å²) in [5.41, 5.74) is 13.2. The Morgan fingerprint density at radius 1 is 0.837 bits per heavy atom. The molecule has 0 amide bonds. The average molecular weight is 595 g/mol. The first-order chi connectivity index (χ1) is 20.6. The molecule has 5 rings (SSSR count). The highest BCUT2D eigenvalue weighted by molar-refractivity contribution is 5.97. The summed E-state index contributed by atoms with van der Waals surface area (Å²) in [5.74, 6) is 0.642. The van der Waals surface area contributed by atoms with E-state index in [4.69, 9.17) is 10.5 Å². The van der Waals surface area contributed by atoms with Crippen LogP contribution in [-0.4, -0.2) is 54.0 Å². The summed E-state index contributed by atoms with van der Waals surface area (Å²) in [6.07, 6.45) is -0.541. The van der Waals surface area contributed by atoms with Gasteiger partial charge >= 0.3 is 6.36 Å². The Bertz CT molecular complexity index is 1540. The second-order valence-corrected chi connectivity index (χ2v) is 11.4. The number of piperazine rings is 1. The molecule has 9 heteroatoms. The van der Waals surface area contributed by atoms with E-state index < -0.39 is 6.36 Å². The summed E-state index contributed by atoms with van der Waals surface area (Å²) in [7, 11) is 1.71. The normalized spacial score (nSPS) is 14.9. The summed E-state index contributed by atoms with van der Waals surface area (Å²) < 4.78 is 50.4. The zero-order chi connectivity index (χ0) is 30.6. The number of hydrogen-bond donors (Lipinski definition) is 1. The molecule has 0 atom stereocenters. The fraction of sp³-hybridized carbons (Fsp3) is 0.412. The Balaban J connectivity index is 1.35. The van der Waals surface area contributed by atoms with E-state index >= 15 is 0 Å². The minimum atomic E-state index is -4.75. The molecule has 0 spiro atoms. The van der Waals surface area contributed by atoms with Crippen molar-refractivity contribution in [3.8, 4) is 22.6 Å². The summed E-state index contributed by atoms with van der Waals surface area (Å²) >= 11 is 0. The lowest BCUT2D eigenvalue weighted by atomic mass is 9.98. The Morgan fingerprint density at radius 2 is 1.56 bits per heavy atom. The highest BCUT2D eigenvalue weighted by atomic mass is 19.4. The van der Waals surface area contributed by atoms with Crippen LogP contribution in [-0.2, 0) is 26.2 Å². The van der Waals surface area contributed by atoms with Crippen molar-refractivity contribution in [3.63, 3.8) is 0 Å². The van der Waals surface area contributed by atoms with Crippen molar-refractivity contribution in [2.75, 3.05) is 33.3 Å². The summed E-state index contributed by atoms with van der Waals surface area (Å²) in [6, 6.07) is 17.5. The first kappa shape index (κ1) is 30.9. The molecule has 2 heterocycles. The maximum atomic E-state index is 12.9. The third-order valence-electron chi connectivity index (χ3n) is 8.14.